The van der Waals surface area contributed by atoms with E-state index in [1.807, 2.05) is 0 Å². The van der Waals surface area contributed by atoms with Crippen LogP contribution in [0.3, 0.4) is 0 Å². The third-order valence-corrected chi connectivity index (χ3v) is 3.34. The van der Waals surface area contributed by atoms with Crippen LogP contribution in [0.2, 0.25) is 0 Å². The molecule has 0 spiro atoms. The van der Waals surface area contributed by atoms with Gasteiger partial charge >= 0.3 is 6.18 Å². The van der Waals surface area contributed by atoms with Crippen LogP contribution in [0, 0.1) is 0 Å². The number of thioether (sulfide) groups is 1. The maximum Gasteiger partial charge on any atom is 0.416 e. The summed E-state index contributed by atoms with van der Waals surface area (Å²) in [7, 11) is 0. The maximum absolute atomic E-state index is 12.5. The summed E-state index contributed by atoms with van der Waals surface area (Å²) in [4.78, 5) is 14.3. The second-order valence-electron chi connectivity index (χ2n) is 4.11. The Kier molecular flexibility index (Phi) is 5.97. The molecule has 0 bridgehead atoms. The van der Waals surface area contributed by atoms with Gasteiger partial charge in [-0.1, -0.05) is 11.8 Å². The number of aliphatic hydroxyl groups is 2. The lowest BCUT2D eigenvalue weighted by Gasteiger charge is -2.18. The standard InChI is InChI=1S/C12H14F3NO3S/c1-7(17)20-5-3-10(18)11(19)9-6-8(2-4-16-9)12(13,14)15/h2,4,6,10-11,18-19H,3,5H2,1H3. The SMILES string of the molecule is CC(=O)SCCC(O)C(O)c1cc(C(F)(F)F)ccn1. The predicted octanol–water partition coefficient (Wildman–Crippen LogP) is 2.16. The van der Waals surface area contributed by atoms with Crippen molar-refractivity contribution < 1.29 is 28.2 Å². The first kappa shape index (κ1) is 16.9. The van der Waals surface area contributed by atoms with E-state index >= 15 is 0 Å². The third kappa shape index (κ3) is 5.10. The first-order valence-corrected chi connectivity index (χ1v) is 6.73. The molecular formula is C12H14F3NO3S. The van der Waals surface area contributed by atoms with E-state index in [1.54, 1.807) is 0 Å². The van der Waals surface area contributed by atoms with Crippen LogP contribution in [-0.4, -0.2) is 32.2 Å². The van der Waals surface area contributed by atoms with Gasteiger partial charge < -0.3 is 10.2 Å². The largest absolute Gasteiger partial charge is 0.416 e. The molecule has 20 heavy (non-hydrogen) atoms. The molecule has 0 amide bonds. The Morgan fingerprint density at radius 1 is 1.45 bits per heavy atom. The number of aliphatic hydroxyl groups excluding tert-OH is 2. The molecule has 0 radical (unpaired) electrons. The molecule has 8 heteroatoms. The summed E-state index contributed by atoms with van der Waals surface area (Å²) in [6.45, 7) is 1.36. The van der Waals surface area contributed by atoms with Crippen molar-refractivity contribution in [2.45, 2.75) is 31.7 Å². The number of halogens is 3. The predicted molar refractivity (Wildman–Crippen MR) is 68.0 cm³/mol. The fraction of sp³-hybridized carbons (Fsp3) is 0.500. The minimum absolute atomic E-state index is 0.0728. The van der Waals surface area contributed by atoms with Crippen molar-refractivity contribution in [2.75, 3.05) is 5.75 Å². The van der Waals surface area contributed by atoms with Crippen molar-refractivity contribution in [3.8, 4) is 0 Å². The van der Waals surface area contributed by atoms with E-state index in [0.717, 1.165) is 24.0 Å². The number of hydrogen-bond donors (Lipinski definition) is 2. The average Bonchev–Trinajstić information content (AvgIpc) is 2.36. The van der Waals surface area contributed by atoms with Crippen molar-refractivity contribution in [3.05, 3.63) is 29.6 Å². The number of carbonyl (C=O) groups excluding carboxylic acids is 1. The molecule has 0 aliphatic heterocycles. The molecule has 2 N–H and O–H groups in total. The quantitative estimate of drug-likeness (QED) is 0.872. The van der Waals surface area contributed by atoms with Crippen molar-refractivity contribution in [1.82, 2.24) is 4.98 Å². The van der Waals surface area contributed by atoms with Gasteiger partial charge in [-0.05, 0) is 18.6 Å². The van der Waals surface area contributed by atoms with Crippen molar-refractivity contribution >= 4 is 16.9 Å². The zero-order valence-corrected chi connectivity index (χ0v) is 11.4. The van der Waals surface area contributed by atoms with Gasteiger partial charge in [-0.2, -0.15) is 13.2 Å². The molecule has 0 saturated carbocycles. The lowest BCUT2D eigenvalue weighted by molar-refractivity contribution is -0.137. The van der Waals surface area contributed by atoms with Gasteiger partial charge in [0.05, 0.1) is 17.4 Å². The highest BCUT2D eigenvalue weighted by Crippen LogP contribution is 2.30. The Balaban J connectivity index is 2.71. The molecular weight excluding hydrogens is 295 g/mol. The van der Waals surface area contributed by atoms with Gasteiger partial charge in [0.15, 0.2) is 5.12 Å². The summed E-state index contributed by atoms with van der Waals surface area (Å²) >= 11 is 0.969. The van der Waals surface area contributed by atoms with Gasteiger partial charge in [-0.15, -0.1) is 0 Å². The number of rotatable bonds is 5. The molecule has 1 aromatic heterocycles. The van der Waals surface area contributed by atoms with E-state index in [-0.39, 0.29) is 23.0 Å². The topological polar surface area (TPSA) is 70.4 Å². The second-order valence-corrected chi connectivity index (χ2v) is 5.38. The van der Waals surface area contributed by atoms with Crippen LogP contribution >= 0.6 is 11.8 Å². The van der Waals surface area contributed by atoms with E-state index in [2.05, 4.69) is 4.98 Å². The van der Waals surface area contributed by atoms with Gasteiger partial charge in [0, 0.05) is 18.9 Å². The lowest BCUT2D eigenvalue weighted by Crippen LogP contribution is -2.21. The molecule has 1 heterocycles. The monoisotopic (exact) mass is 309 g/mol. The van der Waals surface area contributed by atoms with Crippen LogP contribution in [0.15, 0.2) is 18.3 Å². The molecule has 0 aliphatic carbocycles. The second kappa shape index (κ2) is 7.05. The van der Waals surface area contributed by atoms with Crippen LogP contribution in [0.25, 0.3) is 0 Å². The Hall–Kier alpha value is -1.12. The van der Waals surface area contributed by atoms with E-state index in [4.69, 9.17) is 0 Å². The molecule has 0 aromatic carbocycles. The zero-order valence-electron chi connectivity index (χ0n) is 10.6. The number of nitrogens with zero attached hydrogens (tertiary/aromatic N) is 1. The van der Waals surface area contributed by atoms with Gasteiger partial charge in [-0.3, -0.25) is 9.78 Å². The molecule has 1 aromatic rings. The maximum atomic E-state index is 12.5. The minimum Gasteiger partial charge on any atom is -0.390 e. The molecule has 112 valence electrons. The molecule has 0 fully saturated rings. The summed E-state index contributed by atoms with van der Waals surface area (Å²) in [5, 5.41) is 19.3. The number of pyridine rings is 1. The number of hydrogen-bond acceptors (Lipinski definition) is 5. The first-order chi connectivity index (χ1) is 9.21. The zero-order chi connectivity index (χ0) is 15.3. The van der Waals surface area contributed by atoms with Gasteiger partial charge in [0.25, 0.3) is 0 Å². The van der Waals surface area contributed by atoms with E-state index in [9.17, 15) is 28.2 Å². The minimum atomic E-state index is -4.53. The number of alkyl halides is 3. The normalized spacial score (nSPS) is 14.9. The molecule has 0 saturated heterocycles. The van der Waals surface area contributed by atoms with Crippen molar-refractivity contribution in [3.63, 3.8) is 0 Å². The summed E-state index contributed by atoms with van der Waals surface area (Å²) in [6, 6.07) is 1.49. The first-order valence-electron chi connectivity index (χ1n) is 5.74. The van der Waals surface area contributed by atoms with Crippen LogP contribution in [0.4, 0.5) is 13.2 Å². The van der Waals surface area contributed by atoms with Crippen LogP contribution in [0.1, 0.15) is 30.7 Å². The Morgan fingerprint density at radius 3 is 2.65 bits per heavy atom. The van der Waals surface area contributed by atoms with Gasteiger partial charge in [-0.25, -0.2) is 0 Å². The van der Waals surface area contributed by atoms with Gasteiger partial charge in [0.1, 0.15) is 6.10 Å². The van der Waals surface area contributed by atoms with Crippen molar-refractivity contribution in [2.24, 2.45) is 0 Å². The number of aromatic nitrogens is 1. The molecule has 0 aliphatic rings. The fourth-order valence-corrected chi connectivity index (χ4v) is 2.11. The highest BCUT2D eigenvalue weighted by molar-refractivity contribution is 8.13. The van der Waals surface area contributed by atoms with E-state index in [1.165, 1.54) is 6.92 Å². The fourth-order valence-electron chi connectivity index (χ4n) is 1.46. The van der Waals surface area contributed by atoms with Crippen LogP contribution < -0.4 is 0 Å². The summed E-state index contributed by atoms with van der Waals surface area (Å²) in [5.74, 6) is 0.270. The summed E-state index contributed by atoms with van der Waals surface area (Å²) in [6.07, 6.45) is -6.34. The van der Waals surface area contributed by atoms with Crippen LogP contribution in [-0.2, 0) is 11.0 Å². The highest BCUT2D eigenvalue weighted by Gasteiger charge is 2.32. The lowest BCUT2D eigenvalue weighted by atomic mass is 10.1. The molecule has 4 nitrogen and oxygen atoms in total. The highest BCUT2D eigenvalue weighted by atomic mass is 32.2. The Bertz CT molecular complexity index is 468. The molecule has 2 unspecified atom stereocenters. The van der Waals surface area contributed by atoms with Crippen LogP contribution in [0.5, 0.6) is 0 Å². The smallest absolute Gasteiger partial charge is 0.390 e. The Morgan fingerprint density at radius 2 is 2.10 bits per heavy atom. The third-order valence-electron chi connectivity index (χ3n) is 2.49. The number of carbonyl (C=O) groups is 1. The molecule has 2 atom stereocenters. The molecule has 1 rings (SSSR count). The summed E-state index contributed by atoms with van der Waals surface area (Å²) in [5.41, 5.74) is -1.19. The van der Waals surface area contributed by atoms with Gasteiger partial charge in [0.2, 0.25) is 0 Å². The van der Waals surface area contributed by atoms with Crippen molar-refractivity contribution in [1.29, 1.82) is 0 Å². The Labute approximate surface area is 118 Å². The average molecular weight is 309 g/mol. The van der Waals surface area contributed by atoms with E-state index < -0.39 is 23.9 Å². The summed E-state index contributed by atoms with van der Waals surface area (Å²) < 4.78 is 37.5. The van der Waals surface area contributed by atoms with E-state index in [0.29, 0.717) is 6.07 Å².